The molecule has 0 saturated carbocycles. The molecule has 3 nitrogen and oxygen atoms in total. The van der Waals surface area contributed by atoms with Crippen LogP contribution in [-0.2, 0) is 15.1 Å². The third-order valence-electron chi connectivity index (χ3n) is 3.54. The van der Waals surface area contributed by atoms with Gasteiger partial charge < -0.3 is 9.84 Å². The molecule has 0 amide bonds. The fourth-order valence-electron chi connectivity index (χ4n) is 2.36. The quantitative estimate of drug-likeness (QED) is 0.850. The van der Waals surface area contributed by atoms with Gasteiger partial charge in [-0.2, -0.15) is 0 Å². The number of hydrogen-bond acceptors (Lipinski definition) is 3. The lowest BCUT2D eigenvalue weighted by Crippen LogP contribution is -2.40. The summed E-state index contributed by atoms with van der Waals surface area (Å²) in [5, 5.41) is 11.7. The highest BCUT2D eigenvalue weighted by atomic mass is 16.6. The molecule has 0 radical (unpaired) electrons. The zero-order valence-corrected chi connectivity index (χ0v) is 10.5. The van der Waals surface area contributed by atoms with Gasteiger partial charge in [0.15, 0.2) is 17.7 Å². The molecule has 0 aliphatic carbocycles. The molecule has 0 bridgehead atoms. The summed E-state index contributed by atoms with van der Waals surface area (Å²) >= 11 is 0. The molecule has 19 heavy (non-hydrogen) atoms. The standard InChI is InChI=1S/C16H14O3/c1-16(14(17)8-9-15(18)19-16)13-7-6-11-4-2-3-5-12(11)10-13/h2-10,15,18H,1H3. The molecular formula is C16H14O3. The molecule has 0 spiro atoms. The Hall–Kier alpha value is -1.97. The number of rotatable bonds is 1. The Morgan fingerprint density at radius 3 is 2.68 bits per heavy atom. The van der Waals surface area contributed by atoms with Crippen molar-refractivity contribution in [3.8, 4) is 0 Å². The molecule has 1 N–H and O–H groups in total. The number of hydrogen-bond donors (Lipinski definition) is 1. The van der Waals surface area contributed by atoms with Crippen LogP contribution in [-0.4, -0.2) is 17.2 Å². The van der Waals surface area contributed by atoms with Crippen LogP contribution in [0.15, 0.2) is 54.6 Å². The van der Waals surface area contributed by atoms with Gasteiger partial charge in [-0.1, -0.05) is 36.4 Å². The lowest BCUT2D eigenvalue weighted by atomic mass is 9.88. The Morgan fingerprint density at radius 2 is 1.89 bits per heavy atom. The van der Waals surface area contributed by atoms with Crippen LogP contribution in [0.25, 0.3) is 10.8 Å². The molecule has 2 unspecified atom stereocenters. The number of ketones is 1. The molecule has 1 aliphatic heterocycles. The van der Waals surface area contributed by atoms with Crippen molar-refractivity contribution in [3.63, 3.8) is 0 Å². The number of fused-ring (bicyclic) bond motifs is 1. The molecule has 2 aromatic carbocycles. The van der Waals surface area contributed by atoms with E-state index in [4.69, 9.17) is 4.74 Å². The summed E-state index contributed by atoms with van der Waals surface area (Å²) in [4.78, 5) is 12.1. The molecular weight excluding hydrogens is 240 g/mol. The lowest BCUT2D eigenvalue weighted by molar-refractivity contribution is -0.177. The fraction of sp³-hybridized carbons (Fsp3) is 0.188. The topological polar surface area (TPSA) is 46.5 Å². The maximum Gasteiger partial charge on any atom is 0.191 e. The van der Waals surface area contributed by atoms with Gasteiger partial charge >= 0.3 is 0 Å². The minimum atomic E-state index is -1.13. The maximum absolute atomic E-state index is 12.1. The average molecular weight is 254 g/mol. The van der Waals surface area contributed by atoms with Crippen LogP contribution in [0.3, 0.4) is 0 Å². The van der Waals surface area contributed by atoms with Gasteiger partial charge in [0.05, 0.1) is 0 Å². The van der Waals surface area contributed by atoms with Crippen molar-refractivity contribution >= 4 is 16.6 Å². The Bertz CT molecular complexity index is 675. The molecule has 2 atom stereocenters. The minimum absolute atomic E-state index is 0.159. The molecule has 0 aromatic heterocycles. The van der Waals surface area contributed by atoms with Crippen LogP contribution in [0.5, 0.6) is 0 Å². The van der Waals surface area contributed by atoms with Crippen molar-refractivity contribution in [2.45, 2.75) is 18.8 Å². The number of ether oxygens (including phenoxy) is 1. The second kappa shape index (κ2) is 4.30. The van der Waals surface area contributed by atoms with E-state index in [1.165, 1.54) is 12.2 Å². The van der Waals surface area contributed by atoms with Crippen LogP contribution in [0.2, 0.25) is 0 Å². The van der Waals surface area contributed by atoms with Crippen LogP contribution in [0, 0.1) is 0 Å². The van der Waals surface area contributed by atoms with E-state index in [9.17, 15) is 9.90 Å². The molecule has 0 saturated heterocycles. The molecule has 96 valence electrons. The first-order valence-corrected chi connectivity index (χ1v) is 6.17. The molecule has 1 aliphatic rings. The molecule has 0 fully saturated rings. The summed E-state index contributed by atoms with van der Waals surface area (Å²) in [5.41, 5.74) is -0.377. The summed E-state index contributed by atoms with van der Waals surface area (Å²) in [6, 6.07) is 13.7. The van der Waals surface area contributed by atoms with Crippen LogP contribution in [0.4, 0.5) is 0 Å². The highest BCUT2D eigenvalue weighted by Gasteiger charge is 2.39. The predicted molar refractivity (Wildman–Crippen MR) is 72.5 cm³/mol. The van der Waals surface area contributed by atoms with Gasteiger partial charge in [-0.05, 0) is 41.5 Å². The van der Waals surface area contributed by atoms with Crippen molar-refractivity contribution in [2.24, 2.45) is 0 Å². The Labute approximate surface area is 111 Å². The number of aliphatic hydroxyl groups is 1. The zero-order chi connectivity index (χ0) is 13.5. The summed E-state index contributed by atoms with van der Waals surface area (Å²) in [6.45, 7) is 1.69. The lowest BCUT2D eigenvalue weighted by Gasteiger charge is -2.32. The highest BCUT2D eigenvalue weighted by molar-refractivity contribution is 5.99. The highest BCUT2D eigenvalue weighted by Crippen LogP contribution is 2.33. The van der Waals surface area contributed by atoms with Gasteiger partial charge in [-0.25, -0.2) is 0 Å². The first-order chi connectivity index (χ1) is 9.09. The number of aliphatic hydroxyl groups excluding tert-OH is 1. The van der Waals surface area contributed by atoms with Crippen molar-refractivity contribution in [2.75, 3.05) is 0 Å². The molecule has 2 aromatic rings. The molecule has 3 heteroatoms. The van der Waals surface area contributed by atoms with E-state index in [-0.39, 0.29) is 5.78 Å². The van der Waals surface area contributed by atoms with Gasteiger partial charge in [0.1, 0.15) is 0 Å². The largest absolute Gasteiger partial charge is 0.365 e. The second-order valence-corrected chi connectivity index (χ2v) is 4.83. The van der Waals surface area contributed by atoms with E-state index >= 15 is 0 Å². The van der Waals surface area contributed by atoms with Gasteiger partial charge in [-0.3, -0.25) is 4.79 Å². The smallest absolute Gasteiger partial charge is 0.191 e. The maximum atomic E-state index is 12.1. The second-order valence-electron chi connectivity index (χ2n) is 4.83. The fourth-order valence-corrected chi connectivity index (χ4v) is 2.36. The third kappa shape index (κ3) is 1.97. The average Bonchev–Trinajstić information content (AvgIpc) is 2.43. The van der Waals surface area contributed by atoms with Gasteiger partial charge in [-0.15, -0.1) is 0 Å². The predicted octanol–water partition coefficient (Wildman–Crippen LogP) is 2.53. The van der Waals surface area contributed by atoms with Gasteiger partial charge in [0, 0.05) is 0 Å². The van der Waals surface area contributed by atoms with Crippen molar-refractivity contribution < 1.29 is 14.6 Å². The minimum Gasteiger partial charge on any atom is -0.365 e. The Balaban J connectivity index is 2.13. The first kappa shape index (κ1) is 12.1. The van der Waals surface area contributed by atoms with E-state index in [1.807, 2.05) is 42.5 Å². The van der Waals surface area contributed by atoms with Crippen molar-refractivity contribution in [1.29, 1.82) is 0 Å². The monoisotopic (exact) mass is 254 g/mol. The Kier molecular flexibility index (Phi) is 2.73. The summed E-state index contributed by atoms with van der Waals surface area (Å²) < 4.78 is 5.44. The number of carbonyl (C=O) groups excluding carboxylic acids is 1. The van der Waals surface area contributed by atoms with Crippen LogP contribution in [0.1, 0.15) is 12.5 Å². The summed E-state index contributed by atoms with van der Waals surface area (Å²) in [6.07, 6.45) is 1.68. The SMILES string of the molecule is CC1(c2ccc3ccccc3c2)OC(O)C=CC1=O. The van der Waals surface area contributed by atoms with Gasteiger partial charge in [0.25, 0.3) is 0 Å². The van der Waals surface area contributed by atoms with Crippen molar-refractivity contribution in [3.05, 3.63) is 60.2 Å². The van der Waals surface area contributed by atoms with E-state index in [0.717, 1.165) is 16.3 Å². The number of benzene rings is 2. The Morgan fingerprint density at radius 1 is 1.16 bits per heavy atom. The van der Waals surface area contributed by atoms with E-state index in [2.05, 4.69) is 0 Å². The first-order valence-electron chi connectivity index (χ1n) is 6.17. The van der Waals surface area contributed by atoms with Crippen LogP contribution >= 0.6 is 0 Å². The van der Waals surface area contributed by atoms with Crippen LogP contribution < -0.4 is 0 Å². The summed E-state index contributed by atoms with van der Waals surface area (Å²) in [5.74, 6) is -0.159. The third-order valence-corrected chi connectivity index (χ3v) is 3.54. The van der Waals surface area contributed by atoms with E-state index in [1.54, 1.807) is 6.92 Å². The van der Waals surface area contributed by atoms with E-state index in [0.29, 0.717) is 0 Å². The molecule has 3 rings (SSSR count). The van der Waals surface area contributed by atoms with Crippen molar-refractivity contribution in [1.82, 2.24) is 0 Å². The molecule has 1 heterocycles. The number of carbonyl (C=O) groups is 1. The normalized spacial score (nSPS) is 26.8. The zero-order valence-electron chi connectivity index (χ0n) is 10.5. The van der Waals surface area contributed by atoms with Gasteiger partial charge in [0.2, 0.25) is 0 Å². The van der Waals surface area contributed by atoms with E-state index < -0.39 is 11.9 Å². The summed E-state index contributed by atoms with van der Waals surface area (Å²) in [7, 11) is 0.